The summed E-state index contributed by atoms with van der Waals surface area (Å²) in [6.45, 7) is 6.91. The fraction of sp³-hybridized carbons (Fsp3) is 0.917. The zero-order valence-corrected chi connectivity index (χ0v) is 10.3. The van der Waals surface area contributed by atoms with E-state index in [1.54, 1.807) is 4.90 Å². The van der Waals surface area contributed by atoms with Crippen LogP contribution in [0.1, 0.15) is 40.0 Å². The lowest BCUT2D eigenvalue weighted by Gasteiger charge is -2.49. The maximum atomic E-state index is 11.7. The van der Waals surface area contributed by atoms with E-state index >= 15 is 0 Å². The molecule has 2 aliphatic rings. The third-order valence-corrected chi connectivity index (χ3v) is 3.52. The first-order valence-corrected chi connectivity index (χ1v) is 5.98. The summed E-state index contributed by atoms with van der Waals surface area (Å²) in [7, 11) is 0. The van der Waals surface area contributed by atoms with Crippen LogP contribution >= 0.6 is 0 Å². The molecule has 1 aliphatic carbocycles. The lowest BCUT2D eigenvalue weighted by molar-refractivity contribution is -0.0777. The van der Waals surface area contributed by atoms with Crippen LogP contribution in [0.2, 0.25) is 0 Å². The summed E-state index contributed by atoms with van der Waals surface area (Å²) >= 11 is 0. The third-order valence-electron chi connectivity index (χ3n) is 3.52. The van der Waals surface area contributed by atoms with Crippen LogP contribution in [0.3, 0.4) is 0 Å². The van der Waals surface area contributed by atoms with Crippen LogP contribution in [0.4, 0.5) is 4.79 Å². The molecule has 92 valence electrons. The van der Waals surface area contributed by atoms with Crippen molar-refractivity contribution < 1.29 is 14.6 Å². The summed E-state index contributed by atoms with van der Waals surface area (Å²) in [6, 6.07) is 0. The van der Waals surface area contributed by atoms with E-state index < -0.39 is 5.60 Å². The molecule has 16 heavy (non-hydrogen) atoms. The van der Waals surface area contributed by atoms with Crippen molar-refractivity contribution in [1.82, 2.24) is 4.90 Å². The van der Waals surface area contributed by atoms with Gasteiger partial charge in [-0.1, -0.05) is 6.42 Å². The number of aliphatic hydroxyl groups excluding tert-OH is 1. The van der Waals surface area contributed by atoms with Crippen molar-refractivity contribution in [2.24, 2.45) is 5.41 Å². The normalized spacial score (nSPS) is 28.0. The number of likely N-dealkylation sites (tertiary alicyclic amines) is 1. The van der Waals surface area contributed by atoms with E-state index in [4.69, 9.17) is 4.74 Å². The highest BCUT2D eigenvalue weighted by Crippen LogP contribution is 2.45. The van der Waals surface area contributed by atoms with Crippen molar-refractivity contribution in [3.8, 4) is 0 Å². The Kier molecular flexibility index (Phi) is 2.65. The lowest BCUT2D eigenvalue weighted by atomic mass is 9.77. The zero-order valence-electron chi connectivity index (χ0n) is 10.3. The minimum absolute atomic E-state index is 0.0170. The Balaban J connectivity index is 1.86. The molecular weight excluding hydrogens is 206 g/mol. The molecule has 4 nitrogen and oxygen atoms in total. The van der Waals surface area contributed by atoms with Gasteiger partial charge in [0.1, 0.15) is 5.60 Å². The minimum Gasteiger partial charge on any atom is -0.444 e. The highest BCUT2D eigenvalue weighted by molar-refractivity contribution is 5.69. The monoisotopic (exact) mass is 227 g/mol. The molecule has 1 N–H and O–H groups in total. The number of hydrogen-bond acceptors (Lipinski definition) is 3. The molecule has 4 heteroatoms. The van der Waals surface area contributed by atoms with Gasteiger partial charge >= 0.3 is 6.09 Å². The van der Waals surface area contributed by atoms with Crippen LogP contribution < -0.4 is 0 Å². The highest BCUT2D eigenvalue weighted by Gasteiger charge is 2.53. The van der Waals surface area contributed by atoms with Gasteiger partial charge in [-0.3, -0.25) is 0 Å². The van der Waals surface area contributed by atoms with E-state index in [1.807, 2.05) is 20.8 Å². The van der Waals surface area contributed by atoms with E-state index in [1.165, 1.54) is 0 Å². The van der Waals surface area contributed by atoms with E-state index in [0.29, 0.717) is 13.1 Å². The molecule has 1 atom stereocenters. The second-order valence-electron chi connectivity index (χ2n) is 6.11. The Morgan fingerprint density at radius 3 is 2.50 bits per heavy atom. The van der Waals surface area contributed by atoms with E-state index in [2.05, 4.69) is 0 Å². The fourth-order valence-corrected chi connectivity index (χ4v) is 2.66. The maximum Gasteiger partial charge on any atom is 0.410 e. The summed E-state index contributed by atoms with van der Waals surface area (Å²) in [5, 5.41) is 9.85. The molecule has 1 saturated carbocycles. The van der Waals surface area contributed by atoms with Gasteiger partial charge in [-0.15, -0.1) is 0 Å². The third kappa shape index (κ3) is 2.03. The fourth-order valence-electron chi connectivity index (χ4n) is 2.66. The largest absolute Gasteiger partial charge is 0.444 e. The van der Waals surface area contributed by atoms with Crippen LogP contribution in [0.25, 0.3) is 0 Å². The highest BCUT2D eigenvalue weighted by atomic mass is 16.6. The Morgan fingerprint density at radius 1 is 1.44 bits per heavy atom. The second-order valence-corrected chi connectivity index (χ2v) is 6.11. The summed E-state index contributed by atoms with van der Waals surface area (Å²) < 4.78 is 5.28. The molecule has 1 heterocycles. The van der Waals surface area contributed by atoms with Gasteiger partial charge < -0.3 is 14.7 Å². The first-order chi connectivity index (χ1) is 7.32. The molecule has 2 fully saturated rings. The van der Waals surface area contributed by atoms with E-state index in [9.17, 15) is 9.90 Å². The first-order valence-electron chi connectivity index (χ1n) is 5.98. The molecule has 0 aromatic rings. The van der Waals surface area contributed by atoms with Crippen molar-refractivity contribution in [3.05, 3.63) is 0 Å². The second kappa shape index (κ2) is 3.62. The quantitative estimate of drug-likeness (QED) is 0.686. The van der Waals surface area contributed by atoms with Crippen LogP contribution in [0.5, 0.6) is 0 Å². The molecule has 1 aliphatic heterocycles. The van der Waals surface area contributed by atoms with Gasteiger partial charge in [0, 0.05) is 18.5 Å². The zero-order chi connectivity index (χ0) is 12.0. The Hall–Kier alpha value is -0.770. The van der Waals surface area contributed by atoms with E-state index in [-0.39, 0.29) is 17.6 Å². The average Bonchev–Trinajstić information content (AvgIpc) is 2.40. The number of carbonyl (C=O) groups excluding carboxylic acids is 1. The van der Waals surface area contributed by atoms with Crippen LogP contribution in [-0.4, -0.2) is 40.9 Å². The Bertz CT molecular complexity index is 289. The van der Waals surface area contributed by atoms with Gasteiger partial charge in [0.05, 0.1) is 6.10 Å². The summed E-state index contributed by atoms with van der Waals surface area (Å²) in [4.78, 5) is 13.4. The van der Waals surface area contributed by atoms with Gasteiger partial charge in [-0.05, 0) is 33.6 Å². The van der Waals surface area contributed by atoms with Gasteiger partial charge in [0.15, 0.2) is 0 Å². The smallest absolute Gasteiger partial charge is 0.410 e. The van der Waals surface area contributed by atoms with Gasteiger partial charge in [0.2, 0.25) is 0 Å². The summed E-state index contributed by atoms with van der Waals surface area (Å²) in [6.07, 6.45) is 2.50. The summed E-state index contributed by atoms with van der Waals surface area (Å²) in [5.41, 5.74) is -0.453. The average molecular weight is 227 g/mol. The molecule has 0 aromatic carbocycles. The molecule has 1 amide bonds. The van der Waals surface area contributed by atoms with Crippen molar-refractivity contribution in [2.75, 3.05) is 13.1 Å². The van der Waals surface area contributed by atoms with Crippen molar-refractivity contribution >= 4 is 6.09 Å². The Morgan fingerprint density at radius 2 is 2.06 bits per heavy atom. The molecular formula is C12H21NO3. The first kappa shape index (κ1) is 11.7. The Labute approximate surface area is 96.6 Å². The minimum atomic E-state index is -0.436. The number of rotatable bonds is 0. The maximum absolute atomic E-state index is 11.7. The van der Waals surface area contributed by atoms with E-state index in [0.717, 1.165) is 19.3 Å². The molecule has 0 radical (unpaired) electrons. The number of amides is 1. The van der Waals surface area contributed by atoms with Crippen LogP contribution in [0.15, 0.2) is 0 Å². The van der Waals surface area contributed by atoms with Crippen LogP contribution in [-0.2, 0) is 4.74 Å². The standard InChI is InChI=1S/C12H21NO3/c1-11(2,3)16-10(15)13-7-12(8-13)6-4-5-9(12)14/h9,14H,4-8H2,1-3H3. The van der Waals surface area contributed by atoms with Crippen LogP contribution in [0, 0.1) is 5.41 Å². The molecule has 0 aromatic heterocycles. The molecule has 1 saturated heterocycles. The number of aliphatic hydroxyl groups is 1. The van der Waals surface area contributed by atoms with Gasteiger partial charge in [-0.25, -0.2) is 4.79 Å². The lowest BCUT2D eigenvalue weighted by Crippen LogP contribution is -2.62. The SMILES string of the molecule is CC(C)(C)OC(=O)N1CC2(CCCC2O)C1. The van der Waals surface area contributed by atoms with Crippen molar-refractivity contribution in [3.63, 3.8) is 0 Å². The van der Waals surface area contributed by atoms with Gasteiger partial charge in [0.25, 0.3) is 0 Å². The number of ether oxygens (including phenoxy) is 1. The number of nitrogens with zero attached hydrogens (tertiary/aromatic N) is 1. The number of hydrogen-bond donors (Lipinski definition) is 1. The van der Waals surface area contributed by atoms with Gasteiger partial charge in [-0.2, -0.15) is 0 Å². The summed E-state index contributed by atoms with van der Waals surface area (Å²) in [5.74, 6) is 0. The molecule has 1 unspecified atom stereocenters. The van der Waals surface area contributed by atoms with Crippen molar-refractivity contribution in [1.29, 1.82) is 0 Å². The number of carbonyl (C=O) groups is 1. The molecule has 0 bridgehead atoms. The molecule has 2 rings (SSSR count). The van der Waals surface area contributed by atoms with Crippen molar-refractivity contribution in [2.45, 2.75) is 51.7 Å². The predicted molar refractivity (Wildman–Crippen MR) is 60.1 cm³/mol. The topological polar surface area (TPSA) is 49.8 Å². The molecule has 1 spiro atoms. The predicted octanol–water partition coefficient (Wildman–Crippen LogP) is 1.77.